The third kappa shape index (κ3) is 3.73. The number of benzene rings is 1. The van der Waals surface area contributed by atoms with Crippen LogP contribution >= 0.6 is 0 Å². The number of methoxy groups -OCH3 is 1. The second-order valence-corrected chi connectivity index (χ2v) is 6.83. The number of hydrogen-bond donors (Lipinski definition) is 0. The van der Waals surface area contributed by atoms with Gasteiger partial charge in [-0.3, -0.25) is 14.3 Å². The average Bonchev–Trinajstić information content (AvgIpc) is 3.43. The number of aromatic nitrogens is 2. The lowest BCUT2D eigenvalue weighted by molar-refractivity contribution is 0.0512. The van der Waals surface area contributed by atoms with Gasteiger partial charge >= 0.3 is 0 Å². The van der Waals surface area contributed by atoms with Crippen LogP contribution in [0.2, 0.25) is 0 Å². The summed E-state index contributed by atoms with van der Waals surface area (Å²) in [5, 5.41) is 4.49. The van der Waals surface area contributed by atoms with E-state index in [1.807, 2.05) is 24.3 Å². The topological polar surface area (TPSA) is 80.8 Å². The van der Waals surface area contributed by atoms with Crippen LogP contribution in [0, 0.1) is 0 Å². The lowest BCUT2D eigenvalue weighted by Crippen LogP contribution is -2.50. The van der Waals surface area contributed by atoms with Gasteiger partial charge in [0.2, 0.25) is 0 Å². The molecule has 0 unspecified atom stereocenters. The molecule has 0 N–H and O–H groups in total. The monoisotopic (exact) mass is 394 g/mol. The number of rotatable bonds is 4. The molecule has 29 heavy (non-hydrogen) atoms. The van der Waals surface area contributed by atoms with E-state index in [0.717, 1.165) is 11.3 Å². The van der Waals surface area contributed by atoms with Gasteiger partial charge in [-0.05, 0) is 30.3 Å². The first-order chi connectivity index (χ1) is 14.1. The molecule has 1 fully saturated rings. The SMILES string of the molecule is COc1cccc(-c2cc(C(=O)N3CCN(C(=O)c4ccco4)CC3)n(C)n2)c1. The number of piperazine rings is 1. The lowest BCUT2D eigenvalue weighted by Gasteiger charge is -2.34. The highest BCUT2D eigenvalue weighted by Crippen LogP contribution is 2.24. The van der Waals surface area contributed by atoms with E-state index in [1.54, 1.807) is 46.8 Å². The normalized spacial score (nSPS) is 14.1. The van der Waals surface area contributed by atoms with Crippen molar-refractivity contribution < 1.29 is 18.7 Å². The van der Waals surface area contributed by atoms with Gasteiger partial charge in [-0.1, -0.05) is 12.1 Å². The van der Waals surface area contributed by atoms with E-state index in [4.69, 9.17) is 9.15 Å². The van der Waals surface area contributed by atoms with E-state index >= 15 is 0 Å². The number of aryl methyl sites for hydroxylation is 1. The summed E-state index contributed by atoms with van der Waals surface area (Å²) in [4.78, 5) is 28.8. The molecule has 8 heteroatoms. The van der Waals surface area contributed by atoms with Crippen LogP contribution in [0.1, 0.15) is 21.0 Å². The molecule has 1 aliphatic heterocycles. The Morgan fingerprint density at radius 1 is 1.00 bits per heavy atom. The summed E-state index contributed by atoms with van der Waals surface area (Å²) >= 11 is 0. The first-order valence-electron chi connectivity index (χ1n) is 9.37. The van der Waals surface area contributed by atoms with Gasteiger partial charge in [0.15, 0.2) is 5.76 Å². The zero-order chi connectivity index (χ0) is 20.4. The smallest absolute Gasteiger partial charge is 0.289 e. The molecule has 2 aromatic heterocycles. The minimum absolute atomic E-state index is 0.0979. The van der Waals surface area contributed by atoms with Crippen LogP contribution in [0.25, 0.3) is 11.3 Å². The first kappa shape index (κ1) is 18.8. The van der Waals surface area contributed by atoms with E-state index in [0.29, 0.717) is 43.3 Å². The summed E-state index contributed by atoms with van der Waals surface area (Å²) in [7, 11) is 3.37. The fourth-order valence-corrected chi connectivity index (χ4v) is 3.42. The molecule has 3 aromatic rings. The second kappa shape index (κ2) is 7.83. The van der Waals surface area contributed by atoms with Gasteiger partial charge in [-0.2, -0.15) is 5.10 Å². The fraction of sp³-hybridized carbons (Fsp3) is 0.286. The number of amides is 2. The minimum Gasteiger partial charge on any atom is -0.497 e. The van der Waals surface area contributed by atoms with Crippen LogP contribution in [0.3, 0.4) is 0 Å². The summed E-state index contributed by atoms with van der Waals surface area (Å²) in [5.74, 6) is 0.805. The zero-order valence-electron chi connectivity index (χ0n) is 16.4. The molecular formula is C21H22N4O4. The summed E-state index contributed by atoms with van der Waals surface area (Å²) in [6.45, 7) is 1.85. The van der Waals surface area contributed by atoms with Crippen molar-refractivity contribution >= 4 is 11.8 Å². The molecule has 4 rings (SSSR count). The van der Waals surface area contributed by atoms with Gasteiger partial charge in [0.05, 0.1) is 19.1 Å². The molecule has 1 aromatic carbocycles. The van der Waals surface area contributed by atoms with Crippen molar-refractivity contribution in [2.24, 2.45) is 7.05 Å². The molecule has 8 nitrogen and oxygen atoms in total. The van der Waals surface area contributed by atoms with Gasteiger partial charge in [-0.25, -0.2) is 0 Å². The Hall–Kier alpha value is -3.55. The Kier molecular flexibility index (Phi) is 5.07. The highest BCUT2D eigenvalue weighted by molar-refractivity contribution is 5.94. The molecule has 0 bridgehead atoms. The number of carbonyl (C=O) groups excluding carboxylic acids is 2. The van der Waals surface area contributed by atoms with Crippen molar-refractivity contribution in [1.29, 1.82) is 0 Å². The highest BCUT2D eigenvalue weighted by Gasteiger charge is 2.28. The van der Waals surface area contributed by atoms with Crippen LogP contribution in [0.4, 0.5) is 0 Å². The molecular weight excluding hydrogens is 372 g/mol. The van der Waals surface area contributed by atoms with E-state index in [1.165, 1.54) is 6.26 Å². The van der Waals surface area contributed by atoms with Crippen LogP contribution in [-0.2, 0) is 7.05 Å². The van der Waals surface area contributed by atoms with Gasteiger partial charge in [0, 0.05) is 38.8 Å². The van der Waals surface area contributed by atoms with Crippen molar-refractivity contribution in [1.82, 2.24) is 19.6 Å². The van der Waals surface area contributed by atoms with Crippen molar-refractivity contribution in [3.05, 3.63) is 60.2 Å². The third-order valence-electron chi connectivity index (χ3n) is 5.05. The van der Waals surface area contributed by atoms with Crippen molar-refractivity contribution in [3.63, 3.8) is 0 Å². The molecule has 0 saturated carbocycles. The van der Waals surface area contributed by atoms with Crippen molar-refractivity contribution in [2.45, 2.75) is 0 Å². The Bertz CT molecular complexity index is 1020. The number of nitrogens with zero attached hydrogens (tertiary/aromatic N) is 4. The first-order valence-corrected chi connectivity index (χ1v) is 9.37. The predicted molar refractivity (Wildman–Crippen MR) is 106 cm³/mol. The molecule has 3 heterocycles. The second-order valence-electron chi connectivity index (χ2n) is 6.83. The zero-order valence-corrected chi connectivity index (χ0v) is 16.4. The maximum Gasteiger partial charge on any atom is 0.289 e. The Balaban J connectivity index is 1.45. The summed E-state index contributed by atoms with van der Waals surface area (Å²) < 4.78 is 12.0. The molecule has 2 amide bonds. The predicted octanol–water partition coefficient (Wildman–Crippen LogP) is 2.29. The van der Waals surface area contributed by atoms with Crippen molar-refractivity contribution in [3.8, 4) is 17.0 Å². The van der Waals surface area contributed by atoms with E-state index in [9.17, 15) is 9.59 Å². The van der Waals surface area contributed by atoms with Crippen LogP contribution in [0.5, 0.6) is 5.75 Å². The van der Waals surface area contributed by atoms with Crippen molar-refractivity contribution in [2.75, 3.05) is 33.3 Å². The third-order valence-corrected chi connectivity index (χ3v) is 5.05. The summed E-state index contributed by atoms with van der Waals surface area (Å²) in [6, 6.07) is 12.7. The van der Waals surface area contributed by atoms with E-state index in [-0.39, 0.29) is 11.8 Å². The van der Waals surface area contributed by atoms with Gasteiger partial charge < -0.3 is 19.0 Å². The Morgan fingerprint density at radius 3 is 2.38 bits per heavy atom. The molecule has 150 valence electrons. The summed E-state index contributed by atoms with van der Waals surface area (Å²) in [6.07, 6.45) is 1.48. The molecule has 0 aliphatic carbocycles. The van der Waals surface area contributed by atoms with Crippen LogP contribution in [-0.4, -0.2) is 64.7 Å². The number of furan rings is 1. The fourth-order valence-electron chi connectivity index (χ4n) is 3.42. The number of ether oxygens (including phenoxy) is 1. The van der Waals surface area contributed by atoms with Gasteiger partial charge in [-0.15, -0.1) is 0 Å². The number of carbonyl (C=O) groups is 2. The quantitative estimate of drug-likeness (QED) is 0.678. The molecule has 1 saturated heterocycles. The van der Waals surface area contributed by atoms with E-state index < -0.39 is 0 Å². The average molecular weight is 394 g/mol. The number of hydrogen-bond acceptors (Lipinski definition) is 5. The highest BCUT2D eigenvalue weighted by atomic mass is 16.5. The van der Waals surface area contributed by atoms with Crippen LogP contribution < -0.4 is 4.74 Å². The standard InChI is InChI=1S/C21H22N4O4/c1-23-18(14-17(22-23)15-5-3-6-16(13-15)28-2)20(26)24-8-10-25(11-9-24)21(27)19-7-4-12-29-19/h3-7,12-14H,8-11H2,1-2H3. The maximum atomic E-state index is 13.0. The molecule has 1 aliphatic rings. The molecule has 0 atom stereocenters. The van der Waals surface area contributed by atoms with Gasteiger partial charge in [0.25, 0.3) is 11.8 Å². The van der Waals surface area contributed by atoms with Crippen LogP contribution in [0.15, 0.2) is 53.1 Å². The summed E-state index contributed by atoms with van der Waals surface area (Å²) in [5.41, 5.74) is 2.10. The maximum absolute atomic E-state index is 13.0. The largest absolute Gasteiger partial charge is 0.497 e. The Labute approximate surface area is 168 Å². The van der Waals surface area contributed by atoms with Gasteiger partial charge in [0.1, 0.15) is 11.4 Å². The Morgan fingerprint density at radius 2 is 1.72 bits per heavy atom. The minimum atomic E-state index is -0.150. The molecule has 0 radical (unpaired) electrons. The lowest BCUT2D eigenvalue weighted by atomic mass is 10.1. The molecule has 0 spiro atoms. The van der Waals surface area contributed by atoms with E-state index in [2.05, 4.69) is 5.10 Å².